The number of nitrogens with one attached hydrogen (secondary N) is 1. The average molecular weight is 348 g/mol. The van der Waals surface area contributed by atoms with E-state index in [9.17, 15) is 4.79 Å². The zero-order valence-electron chi connectivity index (χ0n) is 13.5. The van der Waals surface area contributed by atoms with Crippen LogP contribution in [0.15, 0.2) is 22.5 Å². The maximum Gasteiger partial charge on any atom is 0.230 e. The van der Waals surface area contributed by atoms with Gasteiger partial charge in [-0.15, -0.1) is 10.2 Å². The van der Waals surface area contributed by atoms with Gasteiger partial charge in [0.25, 0.3) is 0 Å². The van der Waals surface area contributed by atoms with E-state index in [2.05, 4.69) is 33.7 Å². The van der Waals surface area contributed by atoms with Crippen molar-refractivity contribution in [3.63, 3.8) is 0 Å². The van der Waals surface area contributed by atoms with Crippen LogP contribution in [0.3, 0.4) is 0 Å². The molecule has 1 N–H and O–H groups in total. The van der Waals surface area contributed by atoms with Crippen molar-refractivity contribution in [3.8, 4) is 0 Å². The van der Waals surface area contributed by atoms with E-state index >= 15 is 0 Å². The number of rotatable bonds is 5. The minimum atomic E-state index is 0.0338. The van der Waals surface area contributed by atoms with Gasteiger partial charge in [0, 0.05) is 0 Å². The molecule has 1 atom stereocenters. The smallest absolute Gasteiger partial charge is 0.230 e. The van der Waals surface area contributed by atoms with E-state index in [1.807, 2.05) is 13.8 Å². The number of fused-ring (bicyclic) bond motifs is 1. The van der Waals surface area contributed by atoms with Crippen LogP contribution in [-0.2, 0) is 17.6 Å². The summed E-state index contributed by atoms with van der Waals surface area (Å²) in [5.74, 6) is 0.414. The van der Waals surface area contributed by atoms with Crippen molar-refractivity contribution in [2.24, 2.45) is 0 Å². The summed E-state index contributed by atoms with van der Waals surface area (Å²) >= 11 is 2.96. The summed E-state index contributed by atoms with van der Waals surface area (Å²) in [6, 6.07) is 6.67. The Kier molecular flexibility index (Phi) is 5.33. The average Bonchev–Trinajstić information content (AvgIpc) is 2.98. The first-order valence-electron chi connectivity index (χ1n) is 7.96. The molecule has 0 bridgehead atoms. The van der Waals surface area contributed by atoms with Crippen molar-refractivity contribution in [1.82, 2.24) is 15.5 Å². The van der Waals surface area contributed by atoms with Gasteiger partial charge in [-0.05, 0) is 56.2 Å². The molecule has 4 nitrogen and oxygen atoms in total. The van der Waals surface area contributed by atoms with Crippen molar-refractivity contribution < 1.29 is 4.79 Å². The van der Waals surface area contributed by atoms with E-state index in [0.29, 0.717) is 5.75 Å². The lowest BCUT2D eigenvalue weighted by molar-refractivity contribution is -0.119. The van der Waals surface area contributed by atoms with Crippen LogP contribution < -0.4 is 5.32 Å². The largest absolute Gasteiger partial charge is 0.349 e. The summed E-state index contributed by atoms with van der Waals surface area (Å²) in [6.45, 7) is 3.96. The number of carbonyl (C=O) groups is 1. The number of carbonyl (C=O) groups excluding carboxylic acids is 1. The molecule has 1 aromatic carbocycles. The first kappa shape index (κ1) is 16.5. The van der Waals surface area contributed by atoms with Crippen LogP contribution in [0.1, 0.15) is 47.5 Å². The normalized spacial score (nSPS) is 15.0. The highest BCUT2D eigenvalue weighted by Gasteiger charge is 2.14. The molecule has 0 radical (unpaired) electrons. The molecule has 0 aliphatic heterocycles. The first-order valence-corrected chi connectivity index (χ1v) is 9.76. The van der Waals surface area contributed by atoms with Crippen LogP contribution in [0.25, 0.3) is 0 Å². The van der Waals surface area contributed by atoms with Gasteiger partial charge in [0.2, 0.25) is 5.91 Å². The van der Waals surface area contributed by atoms with E-state index in [-0.39, 0.29) is 11.9 Å². The van der Waals surface area contributed by atoms with Crippen LogP contribution in [0.5, 0.6) is 0 Å². The van der Waals surface area contributed by atoms with Crippen LogP contribution in [0, 0.1) is 6.92 Å². The Morgan fingerprint density at radius 3 is 2.83 bits per heavy atom. The van der Waals surface area contributed by atoms with Gasteiger partial charge in [-0.1, -0.05) is 41.3 Å². The molecule has 0 spiro atoms. The lowest BCUT2D eigenvalue weighted by Gasteiger charge is -2.20. The third kappa shape index (κ3) is 4.32. The third-order valence-corrected chi connectivity index (χ3v) is 6.06. The Bertz CT molecular complexity index is 699. The highest BCUT2D eigenvalue weighted by atomic mass is 32.2. The molecule has 0 unspecified atom stereocenters. The minimum absolute atomic E-state index is 0.0338. The maximum absolute atomic E-state index is 12.1. The highest BCUT2D eigenvalue weighted by molar-refractivity contribution is 8.01. The minimum Gasteiger partial charge on any atom is -0.349 e. The number of nitrogens with zero attached hydrogens (tertiary/aromatic N) is 2. The van der Waals surface area contributed by atoms with Gasteiger partial charge in [0.1, 0.15) is 5.01 Å². The molecule has 1 aliphatic rings. The molecule has 2 aromatic rings. The van der Waals surface area contributed by atoms with E-state index < -0.39 is 0 Å². The Balaban J connectivity index is 1.55. The van der Waals surface area contributed by atoms with Gasteiger partial charge < -0.3 is 5.32 Å². The molecular weight excluding hydrogens is 326 g/mol. The molecule has 3 rings (SSSR count). The number of thioether (sulfide) groups is 1. The number of aromatic nitrogens is 2. The van der Waals surface area contributed by atoms with Gasteiger partial charge >= 0.3 is 0 Å². The standard InChI is InChI=1S/C17H21N3OS2/c1-11(14-8-7-13-5-3-4-6-15(13)9-14)18-16(21)10-22-17-20-19-12(2)23-17/h7-9,11H,3-6,10H2,1-2H3,(H,18,21)/t11-/m1/s1. The zero-order chi connectivity index (χ0) is 16.2. The number of aryl methyl sites for hydroxylation is 3. The van der Waals surface area contributed by atoms with Crippen LogP contribution >= 0.6 is 23.1 Å². The molecule has 1 amide bonds. The summed E-state index contributed by atoms with van der Waals surface area (Å²) in [6.07, 6.45) is 4.92. The summed E-state index contributed by atoms with van der Waals surface area (Å²) in [7, 11) is 0. The predicted octanol–water partition coefficient (Wildman–Crippen LogP) is 3.69. The molecule has 1 aliphatic carbocycles. The summed E-state index contributed by atoms with van der Waals surface area (Å²) in [5.41, 5.74) is 4.12. The van der Waals surface area contributed by atoms with E-state index in [1.165, 1.54) is 59.1 Å². The van der Waals surface area contributed by atoms with Gasteiger partial charge in [0.05, 0.1) is 11.8 Å². The van der Waals surface area contributed by atoms with Crippen molar-refractivity contribution in [3.05, 3.63) is 39.9 Å². The second-order valence-electron chi connectivity index (χ2n) is 5.90. The Morgan fingerprint density at radius 1 is 1.30 bits per heavy atom. The van der Waals surface area contributed by atoms with Crippen molar-refractivity contribution in [1.29, 1.82) is 0 Å². The summed E-state index contributed by atoms with van der Waals surface area (Å²) in [4.78, 5) is 12.1. The molecular formula is C17H21N3OS2. The van der Waals surface area contributed by atoms with Crippen LogP contribution in [-0.4, -0.2) is 21.9 Å². The van der Waals surface area contributed by atoms with Gasteiger partial charge in [-0.3, -0.25) is 4.79 Å². The fourth-order valence-electron chi connectivity index (χ4n) is 2.85. The maximum atomic E-state index is 12.1. The zero-order valence-corrected chi connectivity index (χ0v) is 15.1. The third-order valence-electron chi connectivity index (χ3n) is 4.08. The topological polar surface area (TPSA) is 54.9 Å². The first-order chi connectivity index (χ1) is 11.1. The van der Waals surface area contributed by atoms with E-state index in [1.54, 1.807) is 0 Å². The van der Waals surface area contributed by atoms with Crippen molar-refractivity contribution in [2.45, 2.75) is 49.9 Å². The van der Waals surface area contributed by atoms with Gasteiger partial charge in [0.15, 0.2) is 4.34 Å². The number of hydrogen-bond acceptors (Lipinski definition) is 5. The second kappa shape index (κ2) is 7.45. The number of hydrogen-bond donors (Lipinski definition) is 1. The highest BCUT2D eigenvalue weighted by Crippen LogP contribution is 2.25. The van der Waals surface area contributed by atoms with Crippen LogP contribution in [0.2, 0.25) is 0 Å². The Hall–Kier alpha value is -1.40. The van der Waals surface area contributed by atoms with Gasteiger partial charge in [-0.25, -0.2) is 0 Å². The second-order valence-corrected chi connectivity index (χ2v) is 8.30. The lowest BCUT2D eigenvalue weighted by atomic mass is 9.89. The van der Waals surface area contributed by atoms with Crippen molar-refractivity contribution >= 4 is 29.0 Å². The molecule has 0 saturated carbocycles. The predicted molar refractivity (Wildman–Crippen MR) is 95.0 cm³/mol. The molecule has 1 heterocycles. The quantitative estimate of drug-likeness (QED) is 0.838. The molecule has 122 valence electrons. The number of benzene rings is 1. The van der Waals surface area contributed by atoms with E-state index in [0.717, 1.165) is 15.8 Å². The molecule has 0 saturated heterocycles. The summed E-state index contributed by atoms with van der Waals surface area (Å²) in [5, 5.41) is 12.0. The fourth-order valence-corrected chi connectivity index (χ4v) is 4.48. The number of amides is 1. The van der Waals surface area contributed by atoms with E-state index in [4.69, 9.17) is 0 Å². The van der Waals surface area contributed by atoms with Crippen molar-refractivity contribution in [2.75, 3.05) is 5.75 Å². The molecule has 23 heavy (non-hydrogen) atoms. The molecule has 1 aromatic heterocycles. The SMILES string of the molecule is Cc1nnc(SCC(=O)N[C@H](C)c2ccc3c(c2)CCCC3)s1. The fraction of sp³-hybridized carbons (Fsp3) is 0.471. The Labute approximate surface area is 145 Å². The van der Waals surface area contributed by atoms with Crippen LogP contribution in [0.4, 0.5) is 0 Å². The summed E-state index contributed by atoms with van der Waals surface area (Å²) < 4.78 is 0.846. The molecule has 6 heteroatoms. The Morgan fingerprint density at radius 2 is 2.09 bits per heavy atom. The molecule has 0 fully saturated rings. The van der Waals surface area contributed by atoms with Gasteiger partial charge in [-0.2, -0.15) is 0 Å². The lowest BCUT2D eigenvalue weighted by Crippen LogP contribution is -2.28. The monoisotopic (exact) mass is 347 g/mol.